The Morgan fingerprint density at radius 1 is 1.28 bits per heavy atom. The third-order valence-electron chi connectivity index (χ3n) is 4.93. The van der Waals surface area contributed by atoms with Gasteiger partial charge < -0.3 is 25.9 Å². The van der Waals surface area contributed by atoms with Crippen molar-refractivity contribution in [2.75, 3.05) is 24.3 Å². The van der Waals surface area contributed by atoms with Gasteiger partial charge >= 0.3 is 0 Å². The molecule has 3 aromatic heterocycles. The van der Waals surface area contributed by atoms with Crippen LogP contribution in [-0.2, 0) is 11.3 Å². The summed E-state index contributed by atoms with van der Waals surface area (Å²) >= 11 is 0. The van der Waals surface area contributed by atoms with Gasteiger partial charge in [0, 0.05) is 56.3 Å². The SMILES string of the molecule is NC=C(C=NC1CCOCC1)c1ccc(N)c(NCc2ccc3nccn3c2)n1. The lowest BCUT2D eigenvalue weighted by molar-refractivity contribution is 0.0872. The van der Waals surface area contributed by atoms with E-state index in [1.165, 1.54) is 6.20 Å². The van der Waals surface area contributed by atoms with Crippen LogP contribution in [-0.4, -0.2) is 39.8 Å². The lowest BCUT2D eigenvalue weighted by Gasteiger charge is -2.18. The van der Waals surface area contributed by atoms with Crippen molar-refractivity contribution in [2.45, 2.75) is 25.4 Å². The lowest BCUT2D eigenvalue weighted by Crippen LogP contribution is -2.18. The first-order chi connectivity index (χ1) is 14.2. The molecule has 1 saturated heterocycles. The molecule has 0 aromatic carbocycles. The molecule has 150 valence electrons. The maximum atomic E-state index is 6.12. The zero-order chi connectivity index (χ0) is 20.1. The predicted octanol–water partition coefficient (Wildman–Crippen LogP) is 2.47. The van der Waals surface area contributed by atoms with Gasteiger partial charge in [-0.05, 0) is 36.6 Å². The highest BCUT2D eigenvalue weighted by Crippen LogP contribution is 2.21. The van der Waals surface area contributed by atoms with Crippen LogP contribution in [0, 0.1) is 0 Å². The predicted molar refractivity (Wildman–Crippen MR) is 116 cm³/mol. The molecule has 1 aliphatic rings. The number of nitrogens with one attached hydrogen (secondary N) is 1. The van der Waals surface area contributed by atoms with Gasteiger partial charge in [0.2, 0.25) is 0 Å². The van der Waals surface area contributed by atoms with E-state index < -0.39 is 0 Å². The molecule has 8 nitrogen and oxygen atoms in total. The Labute approximate surface area is 169 Å². The summed E-state index contributed by atoms with van der Waals surface area (Å²) < 4.78 is 7.35. The largest absolute Gasteiger partial charge is 0.404 e. The van der Waals surface area contributed by atoms with Crippen molar-refractivity contribution in [3.05, 3.63) is 60.3 Å². The third-order valence-corrected chi connectivity index (χ3v) is 4.93. The fourth-order valence-corrected chi connectivity index (χ4v) is 3.24. The van der Waals surface area contributed by atoms with Gasteiger partial charge in [0.15, 0.2) is 0 Å². The van der Waals surface area contributed by atoms with Crippen molar-refractivity contribution in [1.29, 1.82) is 0 Å². The van der Waals surface area contributed by atoms with Gasteiger partial charge in [-0.1, -0.05) is 6.07 Å². The maximum absolute atomic E-state index is 6.12. The summed E-state index contributed by atoms with van der Waals surface area (Å²) in [5.74, 6) is 0.618. The third kappa shape index (κ3) is 4.55. The van der Waals surface area contributed by atoms with Crippen molar-refractivity contribution in [2.24, 2.45) is 10.7 Å². The second kappa shape index (κ2) is 8.74. The molecule has 1 aliphatic heterocycles. The van der Waals surface area contributed by atoms with Gasteiger partial charge in [-0.3, -0.25) is 4.99 Å². The molecule has 4 rings (SSSR count). The Bertz CT molecular complexity index is 1030. The van der Waals surface area contributed by atoms with E-state index in [2.05, 4.69) is 20.3 Å². The molecule has 0 saturated carbocycles. The molecule has 0 spiro atoms. The van der Waals surface area contributed by atoms with Crippen molar-refractivity contribution in [1.82, 2.24) is 14.4 Å². The Morgan fingerprint density at radius 2 is 2.14 bits per heavy atom. The van der Waals surface area contributed by atoms with Crippen molar-refractivity contribution < 1.29 is 4.74 Å². The van der Waals surface area contributed by atoms with Crippen LogP contribution >= 0.6 is 0 Å². The zero-order valence-electron chi connectivity index (χ0n) is 16.2. The Balaban J connectivity index is 1.47. The Morgan fingerprint density at radius 3 is 2.97 bits per heavy atom. The summed E-state index contributed by atoms with van der Waals surface area (Å²) in [5, 5.41) is 3.31. The molecule has 0 radical (unpaired) electrons. The topological polar surface area (TPSA) is 116 Å². The molecule has 0 aliphatic carbocycles. The molecule has 0 unspecified atom stereocenters. The Kier molecular flexibility index (Phi) is 5.71. The summed E-state index contributed by atoms with van der Waals surface area (Å²) in [5.41, 5.74) is 16.0. The van der Waals surface area contributed by atoms with E-state index in [-0.39, 0.29) is 6.04 Å². The molecule has 3 aromatic rings. The van der Waals surface area contributed by atoms with Gasteiger partial charge in [-0.15, -0.1) is 0 Å². The molecule has 5 N–H and O–H groups in total. The van der Waals surface area contributed by atoms with Crippen LogP contribution in [0.1, 0.15) is 24.1 Å². The number of imidazole rings is 1. The summed E-state index contributed by atoms with van der Waals surface area (Å²) in [4.78, 5) is 13.6. The van der Waals surface area contributed by atoms with E-state index in [4.69, 9.17) is 16.2 Å². The fraction of sp³-hybridized carbons (Fsp3) is 0.286. The number of nitrogen functional groups attached to an aromatic ring is 1. The normalized spacial score (nSPS) is 15.9. The highest BCUT2D eigenvalue weighted by molar-refractivity contribution is 6.09. The number of hydrogen-bond donors (Lipinski definition) is 3. The number of fused-ring (bicyclic) bond motifs is 1. The molecular weight excluding hydrogens is 366 g/mol. The molecule has 0 atom stereocenters. The minimum absolute atomic E-state index is 0.267. The van der Waals surface area contributed by atoms with Crippen molar-refractivity contribution in [3.8, 4) is 0 Å². The smallest absolute Gasteiger partial charge is 0.150 e. The van der Waals surface area contributed by atoms with E-state index in [9.17, 15) is 0 Å². The van der Waals surface area contributed by atoms with Crippen LogP contribution in [0.25, 0.3) is 11.2 Å². The van der Waals surface area contributed by atoms with Gasteiger partial charge in [0.25, 0.3) is 0 Å². The van der Waals surface area contributed by atoms with Crippen LogP contribution < -0.4 is 16.8 Å². The molecule has 8 heteroatoms. The number of aliphatic imine (C=N–C) groups is 1. The van der Waals surface area contributed by atoms with Gasteiger partial charge in [-0.2, -0.15) is 0 Å². The van der Waals surface area contributed by atoms with Crippen molar-refractivity contribution >= 4 is 28.9 Å². The minimum atomic E-state index is 0.267. The lowest BCUT2D eigenvalue weighted by atomic mass is 10.1. The number of ether oxygens (including phenoxy) is 1. The second-order valence-electron chi connectivity index (χ2n) is 6.96. The molecule has 0 amide bonds. The first-order valence-corrected chi connectivity index (χ1v) is 9.68. The van der Waals surface area contributed by atoms with Crippen molar-refractivity contribution in [3.63, 3.8) is 0 Å². The molecular formula is C21H25N7O. The summed E-state index contributed by atoms with van der Waals surface area (Å²) in [6.45, 7) is 2.10. The number of aromatic nitrogens is 3. The quantitative estimate of drug-likeness (QED) is 0.556. The average Bonchev–Trinajstić information content (AvgIpc) is 3.23. The highest BCUT2D eigenvalue weighted by atomic mass is 16.5. The monoisotopic (exact) mass is 391 g/mol. The first kappa shape index (κ1) is 18.9. The second-order valence-corrected chi connectivity index (χ2v) is 6.96. The molecule has 4 heterocycles. The molecule has 29 heavy (non-hydrogen) atoms. The van der Waals surface area contributed by atoms with Crippen LogP contribution in [0.2, 0.25) is 0 Å². The number of anilines is 2. The number of allylic oxidation sites excluding steroid dienone is 1. The fourth-order valence-electron chi connectivity index (χ4n) is 3.24. The standard InChI is InChI=1S/C21H25N7O/c22-11-16(13-25-17-5-9-29-10-6-17)19-3-2-18(23)21(27-19)26-12-15-1-4-20-24-7-8-28(20)14-15/h1-4,7-8,11,13-14,17H,5-6,9-10,12,22-23H2,(H,26,27). The van der Waals surface area contributed by atoms with Crippen LogP contribution in [0.4, 0.5) is 11.5 Å². The first-order valence-electron chi connectivity index (χ1n) is 9.68. The Hall–Kier alpha value is -3.39. The minimum Gasteiger partial charge on any atom is -0.404 e. The van der Waals surface area contributed by atoms with Crippen LogP contribution in [0.15, 0.2) is 54.0 Å². The summed E-state index contributed by atoms with van der Waals surface area (Å²) in [7, 11) is 0. The number of pyridine rings is 2. The van der Waals surface area contributed by atoms with Crippen LogP contribution in [0.3, 0.4) is 0 Å². The van der Waals surface area contributed by atoms with E-state index in [0.717, 1.165) is 48.5 Å². The highest BCUT2D eigenvalue weighted by Gasteiger charge is 2.12. The maximum Gasteiger partial charge on any atom is 0.150 e. The van der Waals surface area contributed by atoms with E-state index in [0.29, 0.717) is 18.1 Å². The summed E-state index contributed by atoms with van der Waals surface area (Å²) in [6.07, 6.45) is 10.9. The van der Waals surface area contributed by atoms with Gasteiger partial charge in [-0.25, -0.2) is 9.97 Å². The van der Waals surface area contributed by atoms with Gasteiger partial charge in [0.1, 0.15) is 11.5 Å². The van der Waals surface area contributed by atoms with E-state index in [1.54, 1.807) is 12.4 Å². The number of nitrogens with two attached hydrogens (primary N) is 2. The average molecular weight is 391 g/mol. The van der Waals surface area contributed by atoms with E-state index >= 15 is 0 Å². The number of hydrogen-bond acceptors (Lipinski definition) is 7. The van der Waals surface area contributed by atoms with E-state index in [1.807, 2.05) is 41.1 Å². The molecule has 1 fully saturated rings. The number of nitrogens with zero attached hydrogens (tertiary/aromatic N) is 4. The number of rotatable bonds is 6. The molecule has 0 bridgehead atoms. The van der Waals surface area contributed by atoms with Crippen LogP contribution in [0.5, 0.6) is 0 Å². The van der Waals surface area contributed by atoms with Gasteiger partial charge in [0.05, 0.1) is 17.4 Å². The summed E-state index contributed by atoms with van der Waals surface area (Å²) in [6, 6.07) is 7.96. The zero-order valence-corrected chi connectivity index (χ0v) is 16.2.